The molecule has 9 heteroatoms. The minimum Gasteiger partial charge on any atom is -0.492 e. The standard InChI is InChI=1S/C19H20Cl2N2O4S/c1-2-27-16-9-8-13(12-17(16)28(25,26)23-10-3-4-11-23)19(24)22-18-14(20)6-5-7-15(18)21/h5-9,12H,2-4,10-11H2,1H3,(H,22,24). The van der Waals surface area contributed by atoms with Crippen LogP contribution in [0.2, 0.25) is 10.0 Å². The summed E-state index contributed by atoms with van der Waals surface area (Å²) in [6.07, 6.45) is 1.63. The summed E-state index contributed by atoms with van der Waals surface area (Å²) in [6, 6.07) is 9.20. The number of anilines is 1. The van der Waals surface area contributed by atoms with Gasteiger partial charge < -0.3 is 10.1 Å². The van der Waals surface area contributed by atoms with Crippen molar-refractivity contribution in [2.75, 3.05) is 25.0 Å². The fraction of sp³-hybridized carbons (Fsp3) is 0.316. The van der Waals surface area contributed by atoms with Gasteiger partial charge in [0.2, 0.25) is 10.0 Å². The SMILES string of the molecule is CCOc1ccc(C(=O)Nc2c(Cl)cccc2Cl)cc1S(=O)(=O)N1CCCC1. The summed E-state index contributed by atoms with van der Waals surface area (Å²) in [6.45, 7) is 2.99. The van der Waals surface area contributed by atoms with Crippen molar-refractivity contribution in [1.82, 2.24) is 4.31 Å². The summed E-state index contributed by atoms with van der Waals surface area (Å²) in [5.41, 5.74) is 0.436. The molecule has 28 heavy (non-hydrogen) atoms. The topological polar surface area (TPSA) is 75.7 Å². The smallest absolute Gasteiger partial charge is 0.255 e. The Labute approximate surface area is 174 Å². The van der Waals surface area contributed by atoms with E-state index in [0.717, 1.165) is 12.8 Å². The van der Waals surface area contributed by atoms with Crippen molar-refractivity contribution in [2.24, 2.45) is 0 Å². The Kier molecular flexibility index (Phi) is 6.50. The van der Waals surface area contributed by atoms with Crippen molar-refractivity contribution in [1.29, 1.82) is 0 Å². The summed E-state index contributed by atoms with van der Waals surface area (Å²) < 4.78 is 33.0. The first-order valence-corrected chi connectivity index (χ1v) is 11.1. The van der Waals surface area contributed by atoms with Crippen LogP contribution in [0.5, 0.6) is 5.75 Å². The van der Waals surface area contributed by atoms with E-state index < -0.39 is 15.9 Å². The van der Waals surface area contributed by atoms with Crippen LogP contribution in [0, 0.1) is 0 Å². The highest BCUT2D eigenvalue weighted by atomic mass is 35.5. The van der Waals surface area contributed by atoms with Crippen LogP contribution < -0.4 is 10.1 Å². The predicted octanol–water partition coefficient (Wildman–Crippen LogP) is 4.43. The molecule has 0 atom stereocenters. The van der Waals surface area contributed by atoms with Gasteiger partial charge in [0.25, 0.3) is 5.91 Å². The average Bonchev–Trinajstić information content (AvgIpc) is 3.21. The number of nitrogens with zero attached hydrogens (tertiary/aromatic N) is 1. The van der Waals surface area contributed by atoms with Gasteiger partial charge in [-0.15, -0.1) is 0 Å². The molecule has 1 N–H and O–H groups in total. The first-order valence-electron chi connectivity index (χ1n) is 8.87. The molecule has 150 valence electrons. The van der Waals surface area contributed by atoms with Gasteiger partial charge in [0.15, 0.2) is 0 Å². The predicted molar refractivity (Wildman–Crippen MR) is 110 cm³/mol. The van der Waals surface area contributed by atoms with E-state index in [9.17, 15) is 13.2 Å². The minimum atomic E-state index is -3.76. The average molecular weight is 443 g/mol. The Balaban J connectivity index is 1.97. The van der Waals surface area contributed by atoms with Gasteiger partial charge in [0.1, 0.15) is 10.6 Å². The first-order chi connectivity index (χ1) is 13.3. The molecule has 1 aliphatic rings. The second-order valence-corrected chi connectivity index (χ2v) is 8.98. The van der Waals surface area contributed by atoms with Crippen LogP contribution in [0.15, 0.2) is 41.3 Å². The Bertz CT molecular complexity index is 969. The van der Waals surface area contributed by atoms with Crippen LogP contribution in [-0.4, -0.2) is 38.3 Å². The Hall–Kier alpha value is -1.80. The maximum Gasteiger partial charge on any atom is 0.255 e. The van der Waals surface area contributed by atoms with E-state index in [4.69, 9.17) is 27.9 Å². The Morgan fingerprint density at radius 1 is 1.14 bits per heavy atom. The highest BCUT2D eigenvalue weighted by Gasteiger charge is 2.31. The number of halogens is 2. The molecule has 0 aromatic heterocycles. The number of para-hydroxylation sites is 1. The third-order valence-corrected chi connectivity index (χ3v) is 6.94. The number of hydrogen-bond acceptors (Lipinski definition) is 4. The van der Waals surface area contributed by atoms with E-state index in [0.29, 0.717) is 19.7 Å². The summed E-state index contributed by atoms with van der Waals surface area (Å²) >= 11 is 12.2. The molecule has 1 aliphatic heterocycles. The van der Waals surface area contributed by atoms with Crippen molar-refractivity contribution >= 4 is 44.8 Å². The van der Waals surface area contributed by atoms with Crippen molar-refractivity contribution < 1.29 is 17.9 Å². The third-order valence-electron chi connectivity index (χ3n) is 4.39. The summed E-state index contributed by atoms with van der Waals surface area (Å²) in [4.78, 5) is 12.7. The zero-order chi connectivity index (χ0) is 20.3. The molecule has 0 radical (unpaired) electrons. The van der Waals surface area contributed by atoms with E-state index >= 15 is 0 Å². The highest BCUT2D eigenvalue weighted by molar-refractivity contribution is 7.89. The Morgan fingerprint density at radius 3 is 2.39 bits per heavy atom. The van der Waals surface area contributed by atoms with Crippen LogP contribution in [0.3, 0.4) is 0 Å². The lowest BCUT2D eigenvalue weighted by atomic mass is 10.2. The number of ether oxygens (including phenoxy) is 1. The lowest BCUT2D eigenvalue weighted by Crippen LogP contribution is -2.28. The maximum absolute atomic E-state index is 13.0. The molecular formula is C19H20Cl2N2O4S. The molecule has 0 spiro atoms. The number of sulfonamides is 1. The largest absolute Gasteiger partial charge is 0.492 e. The number of benzene rings is 2. The number of nitrogens with one attached hydrogen (secondary N) is 1. The lowest BCUT2D eigenvalue weighted by Gasteiger charge is -2.19. The highest BCUT2D eigenvalue weighted by Crippen LogP contribution is 2.32. The fourth-order valence-corrected chi connectivity index (χ4v) is 5.16. The quantitative estimate of drug-likeness (QED) is 0.717. The summed E-state index contributed by atoms with van der Waals surface area (Å²) in [5.74, 6) is -0.294. The third kappa shape index (κ3) is 4.27. The van der Waals surface area contributed by atoms with E-state index in [1.807, 2.05) is 0 Å². The second kappa shape index (κ2) is 8.69. The molecule has 0 unspecified atom stereocenters. The fourth-order valence-electron chi connectivity index (χ4n) is 3.00. The maximum atomic E-state index is 13.0. The van der Waals surface area contributed by atoms with E-state index in [2.05, 4.69) is 5.32 Å². The van der Waals surface area contributed by atoms with Crippen molar-refractivity contribution in [3.63, 3.8) is 0 Å². The lowest BCUT2D eigenvalue weighted by molar-refractivity contribution is 0.102. The normalized spacial score (nSPS) is 14.8. The number of amides is 1. The van der Waals surface area contributed by atoms with Gasteiger partial charge in [-0.05, 0) is 50.1 Å². The molecule has 1 heterocycles. The number of carbonyl (C=O) groups excluding carboxylic acids is 1. The van der Waals surface area contributed by atoms with Gasteiger partial charge in [-0.1, -0.05) is 29.3 Å². The zero-order valence-electron chi connectivity index (χ0n) is 15.2. The van der Waals surface area contributed by atoms with E-state index in [1.165, 1.54) is 22.5 Å². The Morgan fingerprint density at radius 2 is 1.79 bits per heavy atom. The molecule has 1 amide bonds. The summed E-state index contributed by atoms with van der Waals surface area (Å²) in [5, 5.41) is 3.22. The van der Waals surface area contributed by atoms with Crippen molar-refractivity contribution in [3.8, 4) is 5.75 Å². The van der Waals surface area contributed by atoms with Gasteiger partial charge in [0.05, 0.1) is 22.3 Å². The number of rotatable bonds is 6. The van der Waals surface area contributed by atoms with E-state index in [1.54, 1.807) is 25.1 Å². The molecule has 2 aromatic carbocycles. The molecule has 1 fully saturated rings. The van der Waals surface area contributed by atoms with Crippen LogP contribution >= 0.6 is 23.2 Å². The molecule has 1 saturated heterocycles. The van der Waals surface area contributed by atoms with Crippen LogP contribution in [0.1, 0.15) is 30.1 Å². The second-order valence-electron chi connectivity index (χ2n) is 6.26. The molecule has 0 aliphatic carbocycles. The van der Waals surface area contributed by atoms with Gasteiger partial charge in [0, 0.05) is 18.7 Å². The van der Waals surface area contributed by atoms with Gasteiger partial charge in [-0.3, -0.25) is 4.79 Å². The molecule has 6 nitrogen and oxygen atoms in total. The van der Waals surface area contributed by atoms with Gasteiger partial charge in [-0.25, -0.2) is 8.42 Å². The summed E-state index contributed by atoms with van der Waals surface area (Å²) in [7, 11) is -3.76. The minimum absolute atomic E-state index is 0.0193. The van der Waals surface area contributed by atoms with Gasteiger partial charge in [-0.2, -0.15) is 4.31 Å². The monoisotopic (exact) mass is 442 g/mol. The number of carbonyl (C=O) groups is 1. The van der Waals surface area contributed by atoms with Crippen LogP contribution in [-0.2, 0) is 10.0 Å². The van der Waals surface area contributed by atoms with Crippen LogP contribution in [0.25, 0.3) is 0 Å². The van der Waals surface area contributed by atoms with Crippen LogP contribution in [0.4, 0.5) is 5.69 Å². The van der Waals surface area contributed by atoms with Crippen molar-refractivity contribution in [2.45, 2.75) is 24.7 Å². The molecule has 2 aromatic rings. The van der Waals surface area contributed by atoms with Gasteiger partial charge >= 0.3 is 0 Å². The van der Waals surface area contributed by atoms with Crippen molar-refractivity contribution in [3.05, 3.63) is 52.0 Å². The zero-order valence-corrected chi connectivity index (χ0v) is 17.6. The molecule has 0 bridgehead atoms. The van der Waals surface area contributed by atoms with E-state index in [-0.39, 0.29) is 31.9 Å². The molecular weight excluding hydrogens is 423 g/mol. The molecule has 3 rings (SSSR count). The molecule has 0 saturated carbocycles. The number of hydrogen-bond donors (Lipinski definition) is 1. The first kappa shape index (κ1) is 20.9.